The predicted octanol–water partition coefficient (Wildman–Crippen LogP) is 3.20. The Balaban J connectivity index is 1.98. The van der Waals surface area contributed by atoms with E-state index in [1.54, 1.807) is 6.07 Å². The van der Waals surface area contributed by atoms with Crippen molar-refractivity contribution >= 4 is 11.7 Å². The summed E-state index contributed by atoms with van der Waals surface area (Å²) in [6.07, 6.45) is 5.09. The minimum absolute atomic E-state index is 0.0219. The fourth-order valence-corrected chi connectivity index (χ4v) is 2.85. The average molecular weight is 294 g/mol. The number of carbonyl (C=O) groups is 1. The number of rotatable bonds is 3. The van der Waals surface area contributed by atoms with E-state index in [1.165, 1.54) is 12.1 Å². The molecule has 4 nitrogen and oxygen atoms in total. The van der Waals surface area contributed by atoms with Gasteiger partial charge in [0.25, 0.3) is 0 Å². The molecule has 0 aliphatic heterocycles. The molecule has 0 heterocycles. The molecule has 116 valence electrons. The second-order valence-corrected chi connectivity index (χ2v) is 5.74. The molecule has 0 saturated heterocycles. The first-order valence-corrected chi connectivity index (χ1v) is 7.54. The standard InChI is InChI=1S/C16H23FN2O2/c1-11-7-8-13(17)9-15(11)19-16(21)18-14-6-4-2-3-5-12(14)10-20/h7-9,12,14,20H,2-6,10H2,1H3,(H2,18,19,21). The zero-order valence-electron chi connectivity index (χ0n) is 12.4. The van der Waals surface area contributed by atoms with Crippen LogP contribution in [0.3, 0.4) is 0 Å². The number of aliphatic hydroxyl groups excluding tert-OH is 1. The van der Waals surface area contributed by atoms with Gasteiger partial charge in [-0.1, -0.05) is 25.3 Å². The van der Waals surface area contributed by atoms with Gasteiger partial charge in [0.1, 0.15) is 5.82 Å². The van der Waals surface area contributed by atoms with Gasteiger partial charge >= 0.3 is 6.03 Å². The molecule has 1 saturated carbocycles. The number of nitrogens with one attached hydrogen (secondary N) is 2. The molecule has 0 radical (unpaired) electrons. The Hall–Kier alpha value is -1.62. The molecule has 2 amide bonds. The van der Waals surface area contributed by atoms with Gasteiger partial charge in [0, 0.05) is 24.3 Å². The Morgan fingerprint density at radius 2 is 2.10 bits per heavy atom. The Morgan fingerprint density at radius 1 is 1.33 bits per heavy atom. The van der Waals surface area contributed by atoms with Crippen LogP contribution in [0, 0.1) is 18.7 Å². The van der Waals surface area contributed by atoms with Crippen molar-refractivity contribution in [3.63, 3.8) is 0 Å². The summed E-state index contributed by atoms with van der Waals surface area (Å²) in [5.41, 5.74) is 1.28. The van der Waals surface area contributed by atoms with E-state index in [2.05, 4.69) is 10.6 Å². The maximum atomic E-state index is 13.2. The van der Waals surface area contributed by atoms with E-state index in [9.17, 15) is 14.3 Å². The van der Waals surface area contributed by atoms with Gasteiger partial charge in [0.15, 0.2) is 0 Å². The van der Waals surface area contributed by atoms with E-state index in [1.807, 2.05) is 6.92 Å². The first-order chi connectivity index (χ1) is 10.1. The summed E-state index contributed by atoms with van der Waals surface area (Å²) < 4.78 is 13.2. The summed E-state index contributed by atoms with van der Waals surface area (Å²) >= 11 is 0. The van der Waals surface area contributed by atoms with Gasteiger partial charge in [-0.25, -0.2) is 9.18 Å². The monoisotopic (exact) mass is 294 g/mol. The first kappa shape index (κ1) is 15.8. The third-order valence-corrected chi connectivity index (χ3v) is 4.16. The van der Waals surface area contributed by atoms with Crippen LogP contribution in [0.5, 0.6) is 0 Å². The largest absolute Gasteiger partial charge is 0.396 e. The molecule has 21 heavy (non-hydrogen) atoms. The Kier molecular flexibility index (Phi) is 5.56. The molecular weight excluding hydrogens is 271 g/mol. The number of halogens is 1. The van der Waals surface area contributed by atoms with Crippen LogP contribution in [0.4, 0.5) is 14.9 Å². The SMILES string of the molecule is Cc1ccc(F)cc1NC(=O)NC1CCCCCC1CO. The van der Waals surface area contributed by atoms with Crippen LogP contribution >= 0.6 is 0 Å². The van der Waals surface area contributed by atoms with Crippen molar-refractivity contribution in [2.24, 2.45) is 5.92 Å². The highest BCUT2D eigenvalue weighted by atomic mass is 19.1. The molecule has 1 fully saturated rings. The molecule has 1 aliphatic carbocycles. The minimum Gasteiger partial charge on any atom is -0.396 e. The molecule has 0 spiro atoms. The molecule has 2 unspecified atom stereocenters. The normalized spacial score (nSPS) is 22.4. The van der Waals surface area contributed by atoms with Gasteiger partial charge < -0.3 is 15.7 Å². The third kappa shape index (κ3) is 4.43. The summed E-state index contributed by atoms with van der Waals surface area (Å²) in [6.45, 7) is 1.90. The zero-order valence-corrected chi connectivity index (χ0v) is 12.4. The van der Waals surface area contributed by atoms with E-state index >= 15 is 0 Å². The fourth-order valence-electron chi connectivity index (χ4n) is 2.85. The highest BCUT2D eigenvalue weighted by Gasteiger charge is 2.24. The lowest BCUT2D eigenvalue weighted by atomic mass is 9.96. The number of carbonyl (C=O) groups excluding carboxylic acids is 1. The third-order valence-electron chi connectivity index (χ3n) is 4.16. The highest BCUT2D eigenvalue weighted by molar-refractivity contribution is 5.90. The van der Waals surface area contributed by atoms with E-state index in [-0.39, 0.29) is 30.4 Å². The fraction of sp³-hybridized carbons (Fsp3) is 0.562. The lowest BCUT2D eigenvalue weighted by Gasteiger charge is -2.24. The molecule has 0 bridgehead atoms. The second kappa shape index (κ2) is 7.41. The molecule has 2 rings (SSSR count). The van der Waals surface area contributed by atoms with Crippen molar-refractivity contribution in [1.82, 2.24) is 5.32 Å². The lowest BCUT2D eigenvalue weighted by molar-refractivity contribution is 0.182. The summed E-state index contributed by atoms with van der Waals surface area (Å²) in [7, 11) is 0. The van der Waals surface area contributed by atoms with Gasteiger partial charge in [0.05, 0.1) is 0 Å². The minimum atomic E-state index is -0.376. The maximum Gasteiger partial charge on any atom is 0.319 e. The van der Waals surface area contributed by atoms with Crippen molar-refractivity contribution < 1.29 is 14.3 Å². The maximum absolute atomic E-state index is 13.2. The van der Waals surface area contributed by atoms with E-state index in [0.717, 1.165) is 37.7 Å². The van der Waals surface area contributed by atoms with E-state index in [4.69, 9.17) is 0 Å². The molecule has 1 aromatic carbocycles. The van der Waals surface area contributed by atoms with Crippen molar-refractivity contribution in [3.8, 4) is 0 Å². The molecule has 3 N–H and O–H groups in total. The number of anilines is 1. The van der Waals surface area contributed by atoms with Crippen molar-refractivity contribution in [2.75, 3.05) is 11.9 Å². The summed E-state index contributed by atoms with van der Waals surface area (Å²) in [5, 5.41) is 15.1. The smallest absolute Gasteiger partial charge is 0.319 e. The summed E-state index contributed by atoms with van der Waals surface area (Å²) in [6, 6.07) is 3.95. The first-order valence-electron chi connectivity index (χ1n) is 7.54. The Bertz CT molecular complexity index is 493. The van der Waals surface area contributed by atoms with Gasteiger partial charge in [-0.15, -0.1) is 0 Å². The number of amides is 2. The predicted molar refractivity (Wildman–Crippen MR) is 80.7 cm³/mol. The van der Waals surface area contributed by atoms with Crippen molar-refractivity contribution in [2.45, 2.75) is 45.1 Å². The van der Waals surface area contributed by atoms with Crippen LogP contribution in [-0.2, 0) is 0 Å². The topological polar surface area (TPSA) is 61.4 Å². The number of urea groups is 1. The molecule has 1 aliphatic rings. The lowest BCUT2D eigenvalue weighted by Crippen LogP contribution is -2.43. The molecular formula is C16H23FN2O2. The van der Waals surface area contributed by atoms with Crippen LogP contribution in [0.1, 0.15) is 37.7 Å². The van der Waals surface area contributed by atoms with Crippen LogP contribution in [-0.4, -0.2) is 23.8 Å². The summed E-state index contributed by atoms with van der Waals surface area (Å²) in [4.78, 5) is 12.1. The van der Waals surface area contributed by atoms with Crippen LogP contribution in [0.2, 0.25) is 0 Å². The summed E-state index contributed by atoms with van der Waals surface area (Å²) in [5.74, 6) is -0.273. The van der Waals surface area contributed by atoms with E-state index in [0.29, 0.717) is 5.69 Å². The number of aliphatic hydroxyl groups is 1. The average Bonchev–Trinajstić information content (AvgIpc) is 2.68. The van der Waals surface area contributed by atoms with Crippen molar-refractivity contribution in [3.05, 3.63) is 29.6 Å². The quantitative estimate of drug-likeness (QED) is 0.750. The number of hydrogen-bond donors (Lipinski definition) is 3. The number of benzene rings is 1. The van der Waals surface area contributed by atoms with Gasteiger partial charge in [-0.3, -0.25) is 0 Å². The van der Waals surface area contributed by atoms with Gasteiger partial charge in [-0.2, -0.15) is 0 Å². The van der Waals surface area contributed by atoms with Gasteiger partial charge in [-0.05, 0) is 37.5 Å². The Labute approximate surface area is 124 Å². The van der Waals surface area contributed by atoms with Crippen LogP contribution < -0.4 is 10.6 Å². The number of aryl methyl sites for hydroxylation is 1. The molecule has 5 heteroatoms. The molecule has 2 atom stereocenters. The zero-order chi connectivity index (χ0) is 15.2. The highest BCUT2D eigenvalue weighted by Crippen LogP contribution is 2.23. The van der Waals surface area contributed by atoms with Crippen molar-refractivity contribution in [1.29, 1.82) is 0 Å². The van der Waals surface area contributed by atoms with Gasteiger partial charge in [0.2, 0.25) is 0 Å². The Morgan fingerprint density at radius 3 is 2.86 bits per heavy atom. The van der Waals surface area contributed by atoms with E-state index < -0.39 is 0 Å². The second-order valence-electron chi connectivity index (χ2n) is 5.74. The molecule has 1 aromatic rings. The van der Waals surface area contributed by atoms with Crippen LogP contribution in [0.25, 0.3) is 0 Å². The van der Waals surface area contributed by atoms with Crippen LogP contribution in [0.15, 0.2) is 18.2 Å². The number of hydrogen-bond acceptors (Lipinski definition) is 2. The molecule has 0 aromatic heterocycles.